The second-order valence-corrected chi connectivity index (χ2v) is 6.49. The molecule has 2 heterocycles. The largest absolute Gasteiger partial charge is 0.494 e. The first-order valence-corrected chi connectivity index (χ1v) is 9.40. The molecule has 0 spiro atoms. The summed E-state index contributed by atoms with van der Waals surface area (Å²) in [6.07, 6.45) is 5.51. The lowest BCUT2D eigenvalue weighted by Gasteiger charge is -2.35. The third-order valence-corrected chi connectivity index (χ3v) is 4.78. The van der Waals surface area contributed by atoms with Gasteiger partial charge in [-0.1, -0.05) is 6.92 Å². The summed E-state index contributed by atoms with van der Waals surface area (Å²) < 4.78 is 5.43. The molecule has 0 bridgehead atoms. The Labute approximate surface area is 158 Å². The smallest absolute Gasteiger partial charge is 0.353 e. The fourth-order valence-electron chi connectivity index (χ4n) is 3.48. The Bertz CT molecular complexity index is 781. The van der Waals surface area contributed by atoms with E-state index in [-0.39, 0.29) is 17.5 Å². The van der Waals surface area contributed by atoms with Gasteiger partial charge in [-0.05, 0) is 56.9 Å². The molecule has 1 saturated heterocycles. The maximum Gasteiger partial charge on any atom is 0.353 e. The van der Waals surface area contributed by atoms with Crippen molar-refractivity contribution in [3.05, 3.63) is 40.7 Å². The van der Waals surface area contributed by atoms with Crippen LogP contribution in [-0.2, 0) is 0 Å². The molecule has 0 radical (unpaired) electrons. The van der Waals surface area contributed by atoms with Gasteiger partial charge < -0.3 is 15.0 Å². The van der Waals surface area contributed by atoms with Crippen molar-refractivity contribution < 1.29 is 9.66 Å². The van der Waals surface area contributed by atoms with E-state index >= 15 is 0 Å². The number of hydrogen-bond acceptors (Lipinski definition) is 7. The molecule has 1 unspecified atom stereocenters. The van der Waals surface area contributed by atoms with Crippen LogP contribution in [0.25, 0.3) is 0 Å². The number of anilines is 3. The van der Waals surface area contributed by atoms with Gasteiger partial charge in [0.15, 0.2) is 0 Å². The van der Waals surface area contributed by atoms with Crippen LogP contribution in [0.2, 0.25) is 0 Å². The summed E-state index contributed by atoms with van der Waals surface area (Å²) in [5.41, 5.74) is 0.628. The van der Waals surface area contributed by atoms with E-state index in [2.05, 4.69) is 27.1 Å². The zero-order chi connectivity index (χ0) is 19.2. The van der Waals surface area contributed by atoms with Gasteiger partial charge in [-0.2, -0.15) is 0 Å². The molecule has 1 atom stereocenters. The maximum absolute atomic E-state index is 11.8. The van der Waals surface area contributed by atoms with Crippen molar-refractivity contribution in [2.24, 2.45) is 0 Å². The van der Waals surface area contributed by atoms with Gasteiger partial charge in [0.05, 0.1) is 11.5 Å². The number of nitrogens with zero attached hydrogens (tertiary/aromatic N) is 4. The Hall–Kier alpha value is -2.90. The SMILES string of the molecule is CCOc1ccc(Nc2ncnc(N3CCCCC3CC)c2[N+](=O)[O-])cc1. The predicted octanol–water partition coefficient (Wildman–Crippen LogP) is 4.30. The monoisotopic (exact) mass is 371 g/mol. The Balaban J connectivity index is 1.92. The standard InChI is InChI=1S/C19H25N5O3/c1-3-15-7-5-6-12-23(15)19-17(24(25)26)18(20-13-21-19)22-14-8-10-16(11-9-14)27-4-2/h8-11,13,15H,3-7,12H2,1-2H3,(H,20,21,22). The first kappa shape index (κ1) is 18.9. The zero-order valence-corrected chi connectivity index (χ0v) is 15.7. The average molecular weight is 371 g/mol. The number of nitro groups is 1. The van der Waals surface area contributed by atoms with E-state index < -0.39 is 4.92 Å². The summed E-state index contributed by atoms with van der Waals surface area (Å²) in [4.78, 5) is 21.9. The highest BCUT2D eigenvalue weighted by Gasteiger charge is 2.31. The van der Waals surface area contributed by atoms with Crippen molar-refractivity contribution in [2.45, 2.75) is 45.6 Å². The molecule has 1 aromatic heterocycles. The quantitative estimate of drug-likeness (QED) is 0.573. The first-order chi connectivity index (χ1) is 13.1. The summed E-state index contributed by atoms with van der Waals surface area (Å²) in [6, 6.07) is 7.53. The van der Waals surface area contributed by atoms with Gasteiger partial charge >= 0.3 is 5.69 Å². The van der Waals surface area contributed by atoms with Gasteiger partial charge in [-0.15, -0.1) is 0 Å². The second-order valence-electron chi connectivity index (χ2n) is 6.49. The number of aromatic nitrogens is 2. The lowest BCUT2D eigenvalue weighted by molar-refractivity contribution is -0.383. The van der Waals surface area contributed by atoms with E-state index in [4.69, 9.17) is 4.74 Å². The molecule has 0 aliphatic carbocycles. The third kappa shape index (κ3) is 4.27. The highest BCUT2D eigenvalue weighted by atomic mass is 16.6. The number of hydrogen-bond donors (Lipinski definition) is 1. The summed E-state index contributed by atoms with van der Waals surface area (Å²) in [7, 11) is 0. The number of benzene rings is 1. The molecule has 8 nitrogen and oxygen atoms in total. The molecule has 1 N–H and O–H groups in total. The molecule has 2 aromatic rings. The van der Waals surface area contributed by atoms with Crippen LogP contribution in [0.5, 0.6) is 5.75 Å². The second kappa shape index (κ2) is 8.66. The van der Waals surface area contributed by atoms with E-state index in [9.17, 15) is 10.1 Å². The van der Waals surface area contributed by atoms with Crippen LogP contribution in [0.4, 0.5) is 23.0 Å². The molecule has 0 saturated carbocycles. The minimum Gasteiger partial charge on any atom is -0.494 e. The fourth-order valence-corrected chi connectivity index (χ4v) is 3.48. The minimum absolute atomic E-state index is 0.0771. The van der Waals surface area contributed by atoms with Gasteiger partial charge in [-0.3, -0.25) is 10.1 Å². The summed E-state index contributed by atoms with van der Waals surface area (Å²) in [6.45, 7) is 5.39. The lowest BCUT2D eigenvalue weighted by atomic mass is 10.00. The van der Waals surface area contributed by atoms with E-state index in [1.165, 1.54) is 6.33 Å². The zero-order valence-electron chi connectivity index (χ0n) is 15.7. The predicted molar refractivity (Wildman–Crippen MR) is 105 cm³/mol. The van der Waals surface area contributed by atoms with E-state index in [1.807, 2.05) is 31.2 Å². The molecule has 1 fully saturated rings. The van der Waals surface area contributed by atoms with Crippen molar-refractivity contribution >= 4 is 23.0 Å². The van der Waals surface area contributed by atoms with Crippen LogP contribution in [0.3, 0.4) is 0 Å². The fraction of sp³-hybridized carbons (Fsp3) is 0.474. The maximum atomic E-state index is 11.8. The number of rotatable bonds is 7. The molecular formula is C19H25N5O3. The molecule has 1 aliphatic heterocycles. The normalized spacial score (nSPS) is 16.8. The molecule has 3 rings (SSSR count). The van der Waals surface area contributed by atoms with Gasteiger partial charge in [0.25, 0.3) is 0 Å². The Morgan fingerprint density at radius 2 is 2.04 bits per heavy atom. The summed E-state index contributed by atoms with van der Waals surface area (Å²) in [5, 5.41) is 14.9. The van der Waals surface area contributed by atoms with Crippen molar-refractivity contribution in [1.29, 1.82) is 0 Å². The Morgan fingerprint density at radius 1 is 1.26 bits per heavy atom. The number of nitrogens with one attached hydrogen (secondary N) is 1. The van der Waals surface area contributed by atoms with E-state index in [0.29, 0.717) is 18.1 Å². The minimum atomic E-state index is -0.395. The van der Waals surface area contributed by atoms with Gasteiger partial charge in [0.2, 0.25) is 11.6 Å². The van der Waals surface area contributed by atoms with Crippen molar-refractivity contribution in [2.75, 3.05) is 23.4 Å². The number of piperidine rings is 1. The number of ether oxygens (including phenoxy) is 1. The van der Waals surface area contributed by atoms with E-state index in [1.54, 1.807) is 0 Å². The summed E-state index contributed by atoms with van der Waals surface area (Å²) in [5.74, 6) is 1.35. The highest BCUT2D eigenvalue weighted by molar-refractivity contribution is 5.74. The molecule has 8 heteroatoms. The van der Waals surface area contributed by atoms with Crippen LogP contribution in [-0.4, -0.2) is 34.1 Å². The van der Waals surface area contributed by atoms with Crippen LogP contribution < -0.4 is 15.0 Å². The molecule has 1 aromatic carbocycles. The van der Waals surface area contributed by atoms with Gasteiger partial charge in [0.1, 0.15) is 12.1 Å². The topological polar surface area (TPSA) is 93.4 Å². The Morgan fingerprint density at radius 3 is 2.70 bits per heavy atom. The Kier molecular flexibility index (Phi) is 6.05. The summed E-state index contributed by atoms with van der Waals surface area (Å²) >= 11 is 0. The molecule has 0 amide bonds. The van der Waals surface area contributed by atoms with Crippen LogP contribution in [0, 0.1) is 10.1 Å². The van der Waals surface area contributed by atoms with Crippen LogP contribution in [0.15, 0.2) is 30.6 Å². The van der Waals surface area contributed by atoms with Crippen LogP contribution in [0.1, 0.15) is 39.5 Å². The first-order valence-electron chi connectivity index (χ1n) is 9.40. The molecule has 144 valence electrons. The van der Waals surface area contributed by atoms with Crippen LogP contribution >= 0.6 is 0 Å². The average Bonchev–Trinajstić information content (AvgIpc) is 2.69. The van der Waals surface area contributed by atoms with E-state index in [0.717, 1.165) is 38.0 Å². The molecule has 1 aliphatic rings. The van der Waals surface area contributed by atoms with Crippen molar-refractivity contribution in [3.63, 3.8) is 0 Å². The van der Waals surface area contributed by atoms with Gasteiger partial charge in [0, 0.05) is 18.3 Å². The third-order valence-electron chi connectivity index (χ3n) is 4.78. The van der Waals surface area contributed by atoms with Crippen molar-refractivity contribution in [1.82, 2.24) is 9.97 Å². The van der Waals surface area contributed by atoms with Crippen molar-refractivity contribution in [3.8, 4) is 5.75 Å². The van der Waals surface area contributed by atoms with Gasteiger partial charge in [-0.25, -0.2) is 9.97 Å². The molecular weight excluding hydrogens is 346 g/mol. The lowest BCUT2D eigenvalue weighted by Crippen LogP contribution is -2.40. The molecule has 27 heavy (non-hydrogen) atoms. The highest BCUT2D eigenvalue weighted by Crippen LogP contribution is 2.37.